The van der Waals surface area contributed by atoms with Gasteiger partial charge in [-0.15, -0.1) is 0 Å². The molecule has 172 valence electrons. The number of rotatable bonds is 11. The first kappa shape index (κ1) is 24.3. The van der Waals surface area contributed by atoms with E-state index < -0.39 is 9.84 Å². The van der Waals surface area contributed by atoms with Gasteiger partial charge in [-0.3, -0.25) is 9.69 Å². The van der Waals surface area contributed by atoms with Crippen LogP contribution >= 0.6 is 11.3 Å². The number of carbonyl (C=O) groups is 1. The molecule has 0 aliphatic rings. The van der Waals surface area contributed by atoms with Gasteiger partial charge >= 0.3 is 0 Å². The Balaban J connectivity index is 1.73. The van der Waals surface area contributed by atoms with Crippen LogP contribution in [-0.4, -0.2) is 56.1 Å². The summed E-state index contributed by atoms with van der Waals surface area (Å²) in [6.45, 7) is 6.95. The summed E-state index contributed by atoms with van der Waals surface area (Å²) in [7, 11) is -3.44. The predicted molar refractivity (Wildman–Crippen MR) is 127 cm³/mol. The molecule has 0 aliphatic carbocycles. The van der Waals surface area contributed by atoms with Crippen LogP contribution in [0.4, 0.5) is 9.52 Å². The second-order valence-corrected chi connectivity index (χ2v) is 10.5. The van der Waals surface area contributed by atoms with Gasteiger partial charge in [0.1, 0.15) is 5.82 Å². The molecule has 0 aliphatic heterocycles. The van der Waals surface area contributed by atoms with Gasteiger partial charge in [-0.05, 0) is 49.8 Å². The summed E-state index contributed by atoms with van der Waals surface area (Å²) in [6.07, 6.45) is 0.311. The molecule has 0 saturated heterocycles. The zero-order valence-electron chi connectivity index (χ0n) is 18.3. The molecule has 6 nitrogen and oxygen atoms in total. The van der Waals surface area contributed by atoms with Crippen molar-refractivity contribution in [2.75, 3.05) is 36.8 Å². The van der Waals surface area contributed by atoms with Crippen molar-refractivity contribution in [2.24, 2.45) is 0 Å². The Hall–Kier alpha value is -2.36. The first-order valence-corrected chi connectivity index (χ1v) is 13.2. The molecular formula is C23H28FN3O3S2. The van der Waals surface area contributed by atoms with Gasteiger partial charge in [0.25, 0.3) is 0 Å². The highest BCUT2D eigenvalue weighted by Crippen LogP contribution is 2.30. The second kappa shape index (κ2) is 11.0. The summed E-state index contributed by atoms with van der Waals surface area (Å²) >= 11 is 1.27. The van der Waals surface area contributed by atoms with E-state index in [4.69, 9.17) is 0 Å². The average molecular weight is 478 g/mol. The largest absolute Gasteiger partial charge is 0.302 e. The quantitative estimate of drug-likeness (QED) is 0.410. The Morgan fingerprint density at radius 3 is 2.47 bits per heavy atom. The molecule has 3 aromatic rings. The summed E-state index contributed by atoms with van der Waals surface area (Å²) in [5.74, 6) is -0.627. The number of aromatic nitrogens is 1. The van der Waals surface area contributed by atoms with Crippen LogP contribution in [-0.2, 0) is 14.6 Å². The summed E-state index contributed by atoms with van der Waals surface area (Å²) < 4.78 is 39.3. The van der Waals surface area contributed by atoms with Crippen LogP contribution in [0.5, 0.6) is 0 Å². The number of halogens is 1. The van der Waals surface area contributed by atoms with Crippen LogP contribution in [0.25, 0.3) is 10.2 Å². The van der Waals surface area contributed by atoms with Crippen LogP contribution in [0.1, 0.15) is 26.7 Å². The molecule has 0 bridgehead atoms. The van der Waals surface area contributed by atoms with Gasteiger partial charge in [0.2, 0.25) is 5.91 Å². The smallest absolute Gasteiger partial charge is 0.228 e. The molecular weight excluding hydrogens is 449 g/mol. The van der Waals surface area contributed by atoms with Crippen molar-refractivity contribution in [2.45, 2.75) is 31.6 Å². The number of anilines is 1. The molecule has 9 heteroatoms. The van der Waals surface area contributed by atoms with Crippen LogP contribution in [0, 0.1) is 5.82 Å². The first-order valence-electron chi connectivity index (χ1n) is 10.7. The van der Waals surface area contributed by atoms with E-state index in [2.05, 4.69) is 23.7 Å². The number of sulfone groups is 1. The predicted octanol–water partition coefficient (Wildman–Crippen LogP) is 4.36. The minimum Gasteiger partial charge on any atom is -0.302 e. The number of hydrogen-bond acceptors (Lipinski definition) is 6. The van der Waals surface area contributed by atoms with Crippen LogP contribution in [0.15, 0.2) is 53.4 Å². The molecule has 1 aromatic heterocycles. The number of likely N-dealkylation sites (N-methyl/N-ethyl adjacent to an activating group) is 1. The standard InChI is InChI=1S/C23H28FN3O3S2/c1-3-26(4-2)14-15-27(23-25-20-13-12-18(24)17-21(20)31-23)22(28)11-8-16-32(29,30)19-9-6-5-7-10-19/h5-7,9-10,12-13,17H,3-4,8,11,14-16H2,1-2H3. The molecule has 0 N–H and O–H groups in total. The van der Waals surface area contributed by atoms with Gasteiger partial charge in [0.05, 0.1) is 20.9 Å². The normalized spacial score (nSPS) is 11.9. The van der Waals surface area contributed by atoms with Crippen LogP contribution in [0.3, 0.4) is 0 Å². The van der Waals surface area contributed by atoms with Crippen molar-refractivity contribution in [3.8, 4) is 0 Å². The van der Waals surface area contributed by atoms with E-state index in [1.165, 1.54) is 23.5 Å². The topological polar surface area (TPSA) is 70.6 Å². The van der Waals surface area contributed by atoms with Crippen molar-refractivity contribution in [1.29, 1.82) is 0 Å². The summed E-state index contributed by atoms with van der Waals surface area (Å²) in [6, 6.07) is 12.6. The SMILES string of the molecule is CCN(CC)CCN(C(=O)CCCS(=O)(=O)c1ccccc1)c1nc2ccc(F)cc2s1. The molecule has 1 amide bonds. The Labute approximate surface area is 192 Å². The Morgan fingerprint density at radius 1 is 1.06 bits per heavy atom. The van der Waals surface area contributed by atoms with E-state index in [1.807, 2.05) is 0 Å². The van der Waals surface area contributed by atoms with E-state index in [0.29, 0.717) is 28.4 Å². The maximum Gasteiger partial charge on any atom is 0.228 e. The summed E-state index contributed by atoms with van der Waals surface area (Å²) in [4.78, 5) is 21.7. The molecule has 3 rings (SSSR count). The lowest BCUT2D eigenvalue weighted by atomic mass is 10.3. The fourth-order valence-electron chi connectivity index (χ4n) is 3.40. The van der Waals surface area contributed by atoms with E-state index in [0.717, 1.165) is 13.1 Å². The van der Waals surface area contributed by atoms with Crippen molar-refractivity contribution in [1.82, 2.24) is 9.88 Å². The fraction of sp³-hybridized carbons (Fsp3) is 0.391. The number of fused-ring (bicyclic) bond motifs is 1. The molecule has 0 radical (unpaired) electrons. The fourth-order valence-corrected chi connectivity index (χ4v) is 5.77. The number of carbonyl (C=O) groups excluding carboxylic acids is 1. The highest BCUT2D eigenvalue weighted by Gasteiger charge is 2.22. The molecule has 0 atom stereocenters. The van der Waals surface area contributed by atoms with E-state index in [9.17, 15) is 17.6 Å². The van der Waals surface area contributed by atoms with Gasteiger partial charge in [0.15, 0.2) is 15.0 Å². The third-order valence-electron chi connectivity index (χ3n) is 5.31. The highest BCUT2D eigenvalue weighted by molar-refractivity contribution is 7.91. The van der Waals surface area contributed by atoms with E-state index in [1.54, 1.807) is 41.3 Å². The van der Waals surface area contributed by atoms with Crippen LogP contribution < -0.4 is 4.90 Å². The van der Waals surface area contributed by atoms with Crippen molar-refractivity contribution in [3.63, 3.8) is 0 Å². The van der Waals surface area contributed by atoms with Gasteiger partial charge in [-0.25, -0.2) is 17.8 Å². The third kappa shape index (κ3) is 6.11. The number of thiazole rings is 1. The molecule has 32 heavy (non-hydrogen) atoms. The van der Waals surface area contributed by atoms with Crippen molar-refractivity contribution < 1.29 is 17.6 Å². The van der Waals surface area contributed by atoms with Crippen molar-refractivity contribution in [3.05, 3.63) is 54.3 Å². The van der Waals surface area contributed by atoms with Gasteiger partial charge < -0.3 is 4.90 Å². The van der Waals surface area contributed by atoms with E-state index >= 15 is 0 Å². The monoisotopic (exact) mass is 477 g/mol. The maximum absolute atomic E-state index is 13.6. The zero-order chi connectivity index (χ0) is 23.1. The first-order chi connectivity index (χ1) is 15.3. The van der Waals surface area contributed by atoms with E-state index in [-0.39, 0.29) is 35.2 Å². The lowest BCUT2D eigenvalue weighted by molar-refractivity contribution is -0.118. The summed E-state index contributed by atoms with van der Waals surface area (Å²) in [5, 5.41) is 0.508. The Kier molecular flexibility index (Phi) is 8.33. The third-order valence-corrected chi connectivity index (χ3v) is 8.17. The highest BCUT2D eigenvalue weighted by atomic mass is 32.2. The number of amides is 1. The lowest BCUT2D eigenvalue weighted by Gasteiger charge is -2.24. The van der Waals surface area contributed by atoms with Gasteiger partial charge in [-0.1, -0.05) is 43.4 Å². The van der Waals surface area contributed by atoms with Crippen molar-refractivity contribution >= 4 is 42.4 Å². The summed E-state index contributed by atoms with van der Waals surface area (Å²) in [5.41, 5.74) is 0.638. The number of benzene rings is 2. The maximum atomic E-state index is 13.6. The lowest BCUT2D eigenvalue weighted by Crippen LogP contribution is -2.38. The van der Waals surface area contributed by atoms with Gasteiger partial charge in [-0.2, -0.15) is 0 Å². The molecule has 1 heterocycles. The molecule has 0 fully saturated rings. The van der Waals surface area contributed by atoms with Gasteiger partial charge in [0, 0.05) is 19.5 Å². The van der Waals surface area contributed by atoms with Crippen LogP contribution in [0.2, 0.25) is 0 Å². The molecule has 2 aromatic carbocycles. The molecule has 0 unspecified atom stereocenters. The minimum atomic E-state index is -3.44. The zero-order valence-corrected chi connectivity index (χ0v) is 20.0. The minimum absolute atomic E-state index is 0.0919. The average Bonchev–Trinajstić information content (AvgIpc) is 3.20. The molecule has 0 spiro atoms. The Morgan fingerprint density at radius 2 is 1.78 bits per heavy atom. The Bertz CT molecular complexity index is 1150. The molecule has 0 saturated carbocycles. The second-order valence-electron chi connectivity index (χ2n) is 7.42. The number of nitrogens with zero attached hydrogens (tertiary/aromatic N) is 3. The number of hydrogen-bond donors (Lipinski definition) is 0.